The molecule has 2 rings (SSSR count). The summed E-state index contributed by atoms with van der Waals surface area (Å²) in [5.74, 6) is -0.907. The number of carboxylic acid groups (broad SMARTS) is 1. The highest BCUT2D eigenvalue weighted by Gasteiger charge is 2.30. The van der Waals surface area contributed by atoms with Gasteiger partial charge in [0.25, 0.3) is 0 Å². The molecule has 20 heavy (non-hydrogen) atoms. The topological polar surface area (TPSA) is 53.4 Å². The van der Waals surface area contributed by atoms with Crippen molar-refractivity contribution in [3.05, 3.63) is 23.5 Å². The van der Waals surface area contributed by atoms with E-state index < -0.39 is 5.97 Å². The number of carbonyl (C=O) groups is 1. The molecule has 1 aliphatic carbocycles. The van der Waals surface area contributed by atoms with Gasteiger partial charge in [0.05, 0.1) is 5.69 Å². The van der Waals surface area contributed by atoms with E-state index in [-0.39, 0.29) is 0 Å². The first-order valence-corrected chi connectivity index (χ1v) is 7.23. The van der Waals surface area contributed by atoms with Crippen LogP contribution in [0.3, 0.4) is 0 Å². The predicted octanol–water partition coefficient (Wildman–Crippen LogP) is 3.49. The smallest absolute Gasteiger partial charge is 0.339 e. The number of hydrogen-bond acceptors (Lipinski definition) is 3. The normalized spacial score (nSPS) is 18.8. The molecule has 1 heterocycles. The van der Waals surface area contributed by atoms with Crippen LogP contribution in [0.4, 0.5) is 5.69 Å². The first kappa shape index (κ1) is 14.8. The van der Waals surface area contributed by atoms with Crippen LogP contribution in [0.25, 0.3) is 0 Å². The molecule has 0 aromatic carbocycles. The van der Waals surface area contributed by atoms with Crippen molar-refractivity contribution in [2.75, 3.05) is 11.9 Å². The number of aromatic carboxylic acids is 1. The Labute approximate surface area is 120 Å². The zero-order valence-corrected chi connectivity index (χ0v) is 12.8. The van der Waals surface area contributed by atoms with E-state index in [0.29, 0.717) is 17.0 Å². The fourth-order valence-corrected chi connectivity index (χ4v) is 2.97. The maximum Gasteiger partial charge on any atom is 0.339 e. The average Bonchev–Trinajstić information content (AvgIpc) is 2.37. The van der Waals surface area contributed by atoms with Crippen LogP contribution in [-0.4, -0.2) is 29.1 Å². The van der Waals surface area contributed by atoms with Gasteiger partial charge >= 0.3 is 5.97 Å². The van der Waals surface area contributed by atoms with Crippen LogP contribution in [0, 0.1) is 12.3 Å². The molecule has 4 heteroatoms. The minimum Gasteiger partial charge on any atom is -0.478 e. The van der Waals surface area contributed by atoms with Gasteiger partial charge in [-0.15, -0.1) is 0 Å². The van der Waals surface area contributed by atoms with E-state index in [1.807, 2.05) is 20.0 Å². The molecule has 4 nitrogen and oxygen atoms in total. The minimum atomic E-state index is -0.907. The Bertz CT molecular complexity index is 501. The van der Waals surface area contributed by atoms with Crippen LogP contribution >= 0.6 is 0 Å². The second kappa shape index (κ2) is 5.43. The standard InChI is InChI=1S/C16H24N2O2/c1-11-9-14(13(10-17-11)15(19)20)18(4)12-5-7-16(2,3)8-6-12/h9-10,12H,5-8H2,1-4H3,(H,19,20). The molecular formula is C16H24N2O2. The van der Waals surface area contributed by atoms with E-state index in [1.165, 1.54) is 19.0 Å². The Morgan fingerprint density at radius 2 is 2.00 bits per heavy atom. The van der Waals surface area contributed by atoms with Gasteiger partial charge in [-0.2, -0.15) is 0 Å². The number of carboxylic acids is 1. The summed E-state index contributed by atoms with van der Waals surface area (Å²) in [6, 6.07) is 2.30. The van der Waals surface area contributed by atoms with E-state index >= 15 is 0 Å². The van der Waals surface area contributed by atoms with Gasteiger partial charge < -0.3 is 10.0 Å². The lowest BCUT2D eigenvalue weighted by atomic mass is 9.75. The molecule has 1 fully saturated rings. The van der Waals surface area contributed by atoms with Crippen LogP contribution in [0.15, 0.2) is 12.3 Å². The number of aryl methyl sites for hydroxylation is 1. The second-order valence-corrected chi connectivity index (χ2v) is 6.65. The highest BCUT2D eigenvalue weighted by molar-refractivity contribution is 5.94. The van der Waals surface area contributed by atoms with Crippen molar-refractivity contribution >= 4 is 11.7 Å². The molecule has 1 N–H and O–H groups in total. The van der Waals surface area contributed by atoms with Gasteiger partial charge in [-0.05, 0) is 44.1 Å². The summed E-state index contributed by atoms with van der Waals surface area (Å²) >= 11 is 0. The summed E-state index contributed by atoms with van der Waals surface area (Å²) < 4.78 is 0. The van der Waals surface area contributed by atoms with Gasteiger partial charge in [-0.25, -0.2) is 4.79 Å². The maximum absolute atomic E-state index is 11.4. The minimum absolute atomic E-state index is 0.294. The molecule has 0 atom stereocenters. The molecule has 0 unspecified atom stereocenters. The number of aromatic nitrogens is 1. The van der Waals surface area contributed by atoms with Crippen molar-refractivity contribution in [2.24, 2.45) is 5.41 Å². The lowest BCUT2D eigenvalue weighted by molar-refractivity contribution is 0.0697. The Hall–Kier alpha value is -1.58. The third-order valence-corrected chi connectivity index (χ3v) is 4.49. The molecule has 1 aromatic heterocycles. The van der Waals surface area contributed by atoms with Crippen molar-refractivity contribution < 1.29 is 9.90 Å². The summed E-state index contributed by atoms with van der Waals surface area (Å²) in [6.07, 6.45) is 6.08. The number of nitrogens with zero attached hydrogens (tertiary/aromatic N) is 2. The van der Waals surface area contributed by atoms with Crippen molar-refractivity contribution in [2.45, 2.75) is 52.5 Å². The number of anilines is 1. The summed E-state index contributed by atoms with van der Waals surface area (Å²) in [4.78, 5) is 17.6. The second-order valence-electron chi connectivity index (χ2n) is 6.65. The molecule has 0 aliphatic heterocycles. The maximum atomic E-state index is 11.4. The molecule has 0 radical (unpaired) electrons. The fourth-order valence-electron chi connectivity index (χ4n) is 2.97. The van der Waals surface area contributed by atoms with Crippen molar-refractivity contribution in [1.29, 1.82) is 0 Å². The van der Waals surface area contributed by atoms with Gasteiger partial charge in [-0.1, -0.05) is 13.8 Å². The van der Waals surface area contributed by atoms with Gasteiger partial charge in [0.2, 0.25) is 0 Å². The summed E-state index contributed by atoms with van der Waals surface area (Å²) in [6.45, 7) is 6.51. The van der Waals surface area contributed by atoms with Crippen molar-refractivity contribution in [3.63, 3.8) is 0 Å². The highest BCUT2D eigenvalue weighted by Crippen LogP contribution is 2.38. The molecule has 0 amide bonds. The van der Waals surface area contributed by atoms with Crippen LogP contribution in [0.1, 0.15) is 55.6 Å². The number of pyridine rings is 1. The van der Waals surface area contributed by atoms with Crippen LogP contribution in [-0.2, 0) is 0 Å². The Morgan fingerprint density at radius 1 is 1.40 bits per heavy atom. The molecule has 1 aromatic rings. The van der Waals surface area contributed by atoms with E-state index in [0.717, 1.165) is 24.2 Å². The van der Waals surface area contributed by atoms with E-state index in [2.05, 4.69) is 23.7 Å². The number of rotatable bonds is 3. The van der Waals surface area contributed by atoms with Crippen molar-refractivity contribution in [3.8, 4) is 0 Å². The molecule has 110 valence electrons. The van der Waals surface area contributed by atoms with E-state index in [9.17, 15) is 9.90 Å². The molecule has 1 aliphatic rings. The first-order chi connectivity index (χ1) is 9.30. The Kier molecular flexibility index (Phi) is 4.02. The fraction of sp³-hybridized carbons (Fsp3) is 0.625. The van der Waals surface area contributed by atoms with Crippen molar-refractivity contribution in [1.82, 2.24) is 4.98 Å². The predicted molar refractivity (Wildman–Crippen MR) is 80.4 cm³/mol. The molecule has 1 saturated carbocycles. The van der Waals surface area contributed by atoms with Gasteiger partial charge in [0.1, 0.15) is 5.56 Å². The van der Waals surface area contributed by atoms with Gasteiger partial charge in [0, 0.05) is 25.0 Å². The summed E-state index contributed by atoms with van der Waals surface area (Å²) in [5, 5.41) is 9.32. The molecular weight excluding hydrogens is 252 g/mol. The average molecular weight is 276 g/mol. The Balaban J connectivity index is 2.23. The van der Waals surface area contributed by atoms with Gasteiger partial charge in [-0.3, -0.25) is 4.98 Å². The third-order valence-electron chi connectivity index (χ3n) is 4.49. The zero-order valence-electron chi connectivity index (χ0n) is 12.8. The largest absolute Gasteiger partial charge is 0.478 e. The van der Waals surface area contributed by atoms with Crippen LogP contribution in [0.2, 0.25) is 0 Å². The van der Waals surface area contributed by atoms with Gasteiger partial charge in [0.15, 0.2) is 0 Å². The third kappa shape index (κ3) is 3.11. The summed E-state index contributed by atoms with van der Waals surface area (Å²) in [7, 11) is 2.00. The SMILES string of the molecule is Cc1cc(N(C)C2CCC(C)(C)CC2)c(C(=O)O)cn1. The number of hydrogen-bond donors (Lipinski definition) is 1. The first-order valence-electron chi connectivity index (χ1n) is 7.23. The lowest BCUT2D eigenvalue weighted by Gasteiger charge is -2.40. The zero-order chi connectivity index (χ0) is 14.9. The molecule has 0 saturated heterocycles. The van der Waals surface area contributed by atoms with Crippen LogP contribution < -0.4 is 4.90 Å². The molecule has 0 bridgehead atoms. The lowest BCUT2D eigenvalue weighted by Crippen LogP contribution is -2.38. The van der Waals surface area contributed by atoms with Crippen LogP contribution in [0.5, 0.6) is 0 Å². The molecule has 0 spiro atoms. The van der Waals surface area contributed by atoms with E-state index in [1.54, 1.807) is 0 Å². The Morgan fingerprint density at radius 3 is 2.55 bits per heavy atom. The van der Waals surface area contributed by atoms with E-state index in [4.69, 9.17) is 0 Å². The highest BCUT2D eigenvalue weighted by atomic mass is 16.4. The monoisotopic (exact) mass is 276 g/mol. The quantitative estimate of drug-likeness (QED) is 0.918. The summed E-state index contributed by atoms with van der Waals surface area (Å²) in [5.41, 5.74) is 2.35.